The van der Waals surface area contributed by atoms with Gasteiger partial charge in [0, 0.05) is 23.1 Å². The van der Waals surface area contributed by atoms with Gasteiger partial charge >= 0.3 is 5.97 Å². The van der Waals surface area contributed by atoms with Crippen LogP contribution in [0.25, 0.3) is 22.5 Å². The first kappa shape index (κ1) is 29.1. The monoisotopic (exact) mass is 576 g/mol. The second-order valence-corrected chi connectivity index (χ2v) is 10.8. The van der Waals surface area contributed by atoms with Crippen molar-refractivity contribution in [3.05, 3.63) is 77.7 Å². The highest BCUT2D eigenvalue weighted by atomic mass is 32.2. The Labute approximate surface area is 242 Å². The van der Waals surface area contributed by atoms with Crippen LogP contribution in [-0.4, -0.2) is 46.1 Å². The molecule has 2 aromatic heterocycles. The van der Waals surface area contributed by atoms with Crippen LogP contribution < -0.4 is 10.1 Å². The molecule has 0 spiro atoms. The first-order valence-corrected chi connectivity index (χ1v) is 14.8. The fourth-order valence-electron chi connectivity index (χ4n) is 3.93. The Morgan fingerprint density at radius 1 is 1.10 bits per heavy atom. The number of rotatable bonds is 13. The van der Waals surface area contributed by atoms with E-state index < -0.39 is 5.97 Å². The molecule has 8 nitrogen and oxygen atoms in total. The van der Waals surface area contributed by atoms with E-state index in [1.807, 2.05) is 65.4 Å². The fourth-order valence-corrected chi connectivity index (χ4v) is 5.65. The minimum absolute atomic E-state index is 0.0812. The van der Waals surface area contributed by atoms with E-state index in [0.29, 0.717) is 34.7 Å². The van der Waals surface area contributed by atoms with E-state index in [4.69, 9.17) is 9.47 Å². The Morgan fingerprint density at radius 3 is 2.50 bits per heavy atom. The number of nitrogens with zero attached hydrogens (tertiary/aromatic N) is 3. The normalized spacial score (nSPS) is 10.8. The van der Waals surface area contributed by atoms with Gasteiger partial charge in [-0.15, -0.1) is 28.1 Å². The fraction of sp³-hybridized carbons (Fsp3) is 0.267. The molecule has 10 heteroatoms. The number of thioether (sulfide) groups is 1. The largest absolute Gasteiger partial charge is 0.494 e. The van der Waals surface area contributed by atoms with Gasteiger partial charge in [-0.05, 0) is 43.2 Å². The van der Waals surface area contributed by atoms with Crippen molar-refractivity contribution in [2.45, 2.75) is 38.4 Å². The molecule has 0 aliphatic carbocycles. The third-order valence-electron chi connectivity index (χ3n) is 6.04. The summed E-state index contributed by atoms with van der Waals surface area (Å²) >= 11 is 2.55. The van der Waals surface area contributed by atoms with Gasteiger partial charge in [0.05, 0.1) is 19.5 Å². The maximum absolute atomic E-state index is 13.0. The molecule has 2 heterocycles. The van der Waals surface area contributed by atoms with Crippen LogP contribution in [0.5, 0.6) is 5.75 Å². The van der Waals surface area contributed by atoms with Gasteiger partial charge in [-0.3, -0.25) is 9.36 Å². The number of anilines is 1. The molecule has 0 radical (unpaired) electrons. The smallest absolute Gasteiger partial charge is 0.341 e. The predicted octanol–water partition coefficient (Wildman–Crippen LogP) is 6.86. The van der Waals surface area contributed by atoms with Gasteiger partial charge in [0.1, 0.15) is 16.3 Å². The van der Waals surface area contributed by atoms with Crippen molar-refractivity contribution in [1.82, 2.24) is 14.8 Å². The van der Waals surface area contributed by atoms with E-state index in [9.17, 15) is 9.59 Å². The Morgan fingerprint density at radius 2 is 1.82 bits per heavy atom. The third-order valence-corrected chi connectivity index (χ3v) is 7.90. The van der Waals surface area contributed by atoms with Gasteiger partial charge in [0.15, 0.2) is 11.0 Å². The lowest BCUT2D eigenvalue weighted by Crippen LogP contribution is -2.16. The minimum Gasteiger partial charge on any atom is -0.494 e. The van der Waals surface area contributed by atoms with E-state index in [0.717, 1.165) is 40.8 Å². The standard InChI is InChI=1S/C30H32N4O4S2/c1-5-7-17-38-23-14-12-22(13-15-23)27-32-33-30(34(27)16-6-2)40-19-25(35)31-28-26(29(36)37-4)24(18-39-28)21-10-8-20(3)9-11-21/h6,8-15,18H,2,5,7,16-17,19H2,1,3-4H3,(H,31,35). The highest BCUT2D eigenvalue weighted by molar-refractivity contribution is 7.99. The van der Waals surface area contributed by atoms with E-state index in [1.165, 1.54) is 30.2 Å². The summed E-state index contributed by atoms with van der Waals surface area (Å²) in [5.74, 6) is 0.797. The maximum atomic E-state index is 13.0. The van der Waals surface area contributed by atoms with Crippen molar-refractivity contribution in [1.29, 1.82) is 0 Å². The molecule has 1 N–H and O–H groups in total. The molecule has 0 aliphatic heterocycles. The number of nitrogens with one attached hydrogen (secondary N) is 1. The zero-order valence-electron chi connectivity index (χ0n) is 22.8. The SMILES string of the molecule is C=CCn1c(SCC(=O)Nc2scc(-c3ccc(C)cc3)c2C(=O)OC)nnc1-c1ccc(OCCCC)cc1. The molecule has 2 aromatic carbocycles. The van der Waals surface area contributed by atoms with Crippen LogP contribution >= 0.6 is 23.1 Å². The number of methoxy groups -OCH3 is 1. The van der Waals surface area contributed by atoms with Gasteiger partial charge in [-0.2, -0.15) is 0 Å². The van der Waals surface area contributed by atoms with Crippen molar-refractivity contribution >= 4 is 40.0 Å². The van der Waals surface area contributed by atoms with Crippen LogP contribution in [0.4, 0.5) is 5.00 Å². The molecule has 0 fully saturated rings. The Hall–Kier alpha value is -3.89. The van der Waals surface area contributed by atoms with Gasteiger partial charge in [-0.1, -0.05) is 61.0 Å². The predicted molar refractivity (Wildman–Crippen MR) is 161 cm³/mol. The van der Waals surface area contributed by atoms with Crippen LogP contribution in [0.1, 0.15) is 35.7 Å². The molecule has 0 unspecified atom stereocenters. The number of carbonyl (C=O) groups is 2. The summed E-state index contributed by atoms with van der Waals surface area (Å²) in [6, 6.07) is 15.6. The zero-order valence-corrected chi connectivity index (χ0v) is 24.4. The van der Waals surface area contributed by atoms with Gasteiger partial charge in [-0.25, -0.2) is 4.79 Å². The summed E-state index contributed by atoms with van der Waals surface area (Å²) in [6.45, 7) is 9.16. The summed E-state index contributed by atoms with van der Waals surface area (Å²) < 4.78 is 12.7. The molecule has 0 saturated carbocycles. The average Bonchev–Trinajstić information content (AvgIpc) is 3.57. The number of carbonyl (C=O) groups excluding carboxylic acids is 2. The Bertz CT molecular complexity index is 1460. The first-order valence-electron chi connectivity index (χ1n) is 12.9. The van der Waals surface area contributed by atoms with Crippen molar-refractivity contribution in [3.63, 3.8) is 0 Å². The van der Waals surface area contributed by atoms with E-state index >= 15 is 0 Å². The van der Waals surface area contributed by atoms with E-state index in [2.05, 4.69) is 29.0 Å². The van der Waals surface area contributed by atoms with Crippen LogP contribution in [-0.2, 0) is 16.1 Å². The van der Waals surface area contributed by atoms with Crippen LogP contribution in [0.2, 0.25) is 0 Å². The molecule has 0 aliphatic rings. The number of allylic oxidation sites excluding steroid dienone is 1. The molecule has 4 aromatic rings. The molecule has 0 bridgehead atoms. The third kappa shape index (κ3) is 7.00. The molecule has 208 valence electrons. The van der Waals surface area contributed by atoms with Gasteiger partial charge in [0.2, 0.25) is 5.91 Å². The van der Waals surface area contributed by atoms with E-state index in [1.54, 1.807) is 6.08 Å². The maximum Gasteiger partial charge on any atom is 0.341 e. The number of hydrogen-bond acceptors (Lipinski definition) is 8. The van der Waals surface area contributed by atoms with Crippen LogP contribution in [0, 0.1) is 6.92 Å². The summed E-state index contributed by atoms with van der Waals surface area (Å²) in [7, 11) is 1.33. The van der Waals surface area contributed by atoms with Crippen LogP contribution in [0.15, 0.2) is 71.7 Å². The zero-order chi connectivity index (χ0) is 28.5. The molecular formula is C30H32N4O4S2. The summed E-state index contributed by atoms with van der Waals surface area (Å²) in [6.07, 6.45) is 3.85. The number of esters is 1. The average molecular weight is 577 g/mol. The number of benzene rings is 2. The number of amides is 1. The minimum atomic E-state index is -0.503. The number of aromatic nitrogens is 3. The summed E-state index contributed by atoms with van der Waals surface area (Å²) in [5, 5.41) is 14.5. The molecule has 0 saturated heterocycles. The topological polar surface area (TPSA) is 95.3 Å². The highest BCUT2D eigenvalue weighted by Crippen LogP contribution is 2.36. The first-order chi connectivity index (χ1) is 19.4. The van der Waals surface area contributed by atoms with Crippen molar-refractivity contribution in [2.75, 3.05) is 24.8 Å². The van der Waals surface area contributed by atoms with Crippen molar-refractivity contribution in [2.24, 2.45) is 0 Å². The molecule has 0 atom stereocenters. The number of unbranched alkanes of at least 4 members (excludes halogenated alkanes) is 1. The van der Waals surface area contributed by atoms with Crippen molar-refractivity contribution < 1.29 is 19.1 Å². The second-order valence-electron chi connectivity index (χ2n) is 8.98. The number of ether oxygens (including phenoxy) is 2. The number of hydrogen-bond donors (Lipinski definition) is 1. The van der Waals surface area contributed by atoms with E-state index in [-0.39, 0.29) is 11.7 Å². The van der Waals surface area contributed by atoms with Gasteiger partial charge in [0.25, 0.3) is 0 Å². The quantitative estimate of drug-likeness (QED) is 0.0804. The number of aryl methyl sites for hydroxylation is 1. The molecule has 4 rings (SSSR count). The number of thiophene rings is 1. The summed E-state index contributed by atoms with van der Waals surface area (Å²) in [4.78, 5) is 25.6. The second kappa shape index (κ2) is 14.0. The molecule has 40 heavy (non-hydrogen) atoms. The highest BCUT2D eigenvalue weighted by Gasteiger charge is 2.23. The lowest BCUT2D eigenvalue weighted by Gasteiger charge is -2.10. The molecular weight excluding hydrogens is 544 g/mol. The summed E-state index contributed by atoms with van der Waals surface area (Å²) in [5.41, 5.74) is 3.94. The molecule has 1 amide bonds. The Balaban J connectivity index is 1.47. The Kier molecular flexibility index (Phi) is 10.2. The van der Waals surface area contributed by atoms with Crippen LogP contribution in [0.3, 0.4) is 0 Å². The van der Waals surface area contributed by atoms with Gasteiger partial charge < -0.3 is 14.8 Å². The lowest BCUT2D eigenvalue weighted by molar-refractivity contribution is -0.113. The lowest BCUT2D eigenvalue weighted by atomic mass is 10.0. The van der Waals surface area contributed by atoms with Crippen molar-refractivity contribution in [3.8, 4) is 28.3 Å².